The molecule has 0 bridgehead atoms. The van der Waals surface area contributed by atoms with Crippen molar-refractivity contribution in [3.63, 3.8) is 0 Å². The van der Waals surface area contributed by atoms with Crippen LogP contribution in [0.15, 0.2) is 59.5 Å². The number of amides is 1. The third kappa shape index (κ3) is 6.97. The molecule has 132 valence electrons. The van der Waals surface area contributed by atoms with Crippen molar-refractivity contribution >= 4 is 35.3 Å². The van der Waals surface area contributed by atoms with Crippen molar-refractivity contribution in [1.82, 2.24) is 5.32 Å². The Labute approximate surface area is 159 Å². The van der Waals surface area contributed by atoms with Crippen molar-refractivity contribution in [1.29, 1.82) is 0 Å². The summed E-state index contributed by atoms with van der Waals surface area (Å²) in [7, 11) is 0. The number of carbonyl (C=O) groups is 1. The summed E-state index contributed by atoms with van der Waals surface area (Å²) in [5, 5.41) is 3.63. The van der Waals surface area contributed by atoms with Crippen molar-refractivity contribution in [2.75, 3.05) is 12.3 Å². The highest BCUT2D eigenvalue weighted by molar-refractivity contribution is 7.99. The fourth-order valence-corrected chi connectivity index (χ4v) is 3.09. The third-order valence-electron chi connectivity index (χ3n) is 3.69. The molecule has 0 aliphatic rings. The van der Waals surface area contributed by atoms with Crippen molar-refractivity contribution in [2.45, 2.75) is 31.1 Å². The Morgan fingerprint density at radius 2 is 1.72 bits per heavy atom. The van der Waals surface area contributed by atoms with Crippen molar-refractivity contribution < 1.29 is 4.79 Å². The molecular weight excluding hydrogens is 350 g/mol. The maximum absolute atomic E-state index is 11.9. The Balaban J connectivity index is 1.74. The van der Waals surface area contributed by atoms with Gasteiger partial charge in [0.25, 0.3) is 0 Å². The van der Waals surface area contributed by atoms with Crippen LogP contribution in [0.1, 0.15) is 31.9 Å². The molecular formula is C21H24ClNOS. The Hall–Kier alpha value is -1.71. The summed E-state index contributed by atoms with van der Waals surface area (Å²) >= 11 is 7.55. The number of carbonyl (C=O) groups excluding carboxylic acids is 1. The lowest BCUT2D eigenvalue weighted by atomic mass is 9.87. The van der Waals surface area contributed by atoms with E-state index in [1.165, 1.54) is 5.56 Å². The maximum Gasteiger partial charge on any atom is 0.244 e. The molecule has 0 saturated carbocycles. The van der Waals surface area contributed by atoms with Crippen molar-refractivity contribution in [3.8, 4) is 0 Å². The van der Waals surface area contributed by atoms with Gasteiger partial charge in [0.1, 0.15) is 0 Å². The van der Waals surface area contributed by atoms with Crippen LogP contribution in [0.2, 0.25) is 5.02 Å². The van der Waals surface area contributed by atoms with Crippen LogP contribution in [0, 0.1) is 0 Å². The summed E-state index contributed by atoms with van der Waals surface area (Å²) in [5.41, 5.74) is 2.45. The summed E-state index contributed by atoms with van der Waals surface area (Å²) in [5.74, 6) is 0.748. The van der Waals surface area contributed by atoms with E-state index >= 15 is 0 Å². The molecule has 25 heavy (non-hydrogen) atoms. The predicted octanol–water partition coefficient (Wildman–Crippen LogP) is 5.56. The Morgan fingerprint density at radius 3 is 2.32 bits per heavy atom. The first-order chi connectivity index (χ1) is 11.8. The van der Waals surface area contributed by atoms with Gasteiger partial charge < -0.3 is 5.32 Å². The summed E-state index contributed by atoms with van der Waals surface area (Å²) in [6.07, 6.45) is 3.42. The number of hydrogen-bond acceptors (Lipinski definition) is 2. The van der Waals surface area contributed by atoms with Crippen LogP contribution in [0.4, 0.5) is 0 Å². The average molecular weight is 374 g/mol. The van der Waals surface area contributed by atoms with Gasteiger partial charge in [-0.2, -0.15) is 0 Å². The van der Waals surface area contributed by atoms with Crippen LogP contribution in [0.3, 0.4) is 0 Å². The van der Waals surface area contributed by atoms with Gasteiger partial charge in [-0.3, -0.25) is 4.79 Å². The standard InChI is InChI=1S/C21H24ClNOS/c1-21(2,3)17-7-4-16(5-8-17)6-13-20(24)23-14-15-25-19-11-9-18(22)10-12-19/h4-13H,14-15H2,1-3H3,(H,23,24)/b13-6+. The first kappa shape index (κ1) is 19.6. The van der Waals surface area contributed by atoms with E-state index in [1.54, 1.807) is 17.8 Å². The van der Waals surface area contributed by atoms with E-state index in [4.69, 9.17) is 11.6 Å². The summed E-state index contributed by atoms with van der Waals surface area (Å²) in [6.45, 7) is 7.19. The van der Waals surface area contributed by atoms with Gasteiger partial charge in [-0.25, -0.2) is 0 Å². The first-order valence-corrected chi connectivity index (χ1v) is 9.66. The average Bonchev–Trinajstić information content (AvgIpc) is 2.58. The topological polar surface area (TPSA) is 29.1 Å². The minimum atomic E-state index is -0.0726. The lowest BCUT2D eigenvalue weighted by molar-refractivity contribution is -0.116. The van der Waals surface area contributed by atoms with Gasteiger partial charge in [-0.15, -0.1) is 11.8 Å². The highest BCUT2D eigenvalue weighted by atomic mass is 35.5. The Kier molecular flexibility index (Phi) is 7.15. The second-order valence-corrected chi connectivity index (χ2v) is 8.40. The molecule has 4 heteroatoms. The van der Waals surface area contributed by atoms with E-state index in [9.17, 15) is 4.79 Å². The number of rotatable bonds is 6. The summed E-state index contributed by atoms with van der Waals surface area (Å²) in [6, 6.07) is 16.0. The molecule has 0 atom stereocenters. The van der Waals surface area contributed by atoms with Gasteiger partial charge in [-0.1, -0.05) is 56.6 Å². The zero-order valence-electron chi connectivity index (χ0n) is 14.9. The van der Waals surface area contributed by atoms with E-state index in [0.29, 0.717) is 6.54 Å². The predicted molar refractivity (Wildman–Crippen MR) is 109 cm³/mol. The normalized spacial score (nSPS) is 11.7. The Bertz CT molecular complexity index is 715. The molecule has 1 N–H and O–H groups in total. The second-order valence-electron chi connectivity index (χ2n) is 6.80. The molecule has 2 aromatic carbocycles. The van der Waals surface area contributed by atoms with Gasteiger partial charge in [0.05, 0.1) is 0 Å². The number of nitrogens with one attached hydrogen (secondary N) is 1. The monoisotopic (exact) mass is 373 g/mol. The van der Waals surface area contributed by atoms with Gasteiger partial charge in [0.15, 0.2) is 0 Å². The molecule has 0 radical (unpaired) electrons. The van der Waals surface area contributed by atoms with Crippen LogP contribution in [0.25, 0.3) is 6.08 Å². The zero-order chi connectivity index (χ0) is 18.3. The molecule has 0 saturated heterocycles. The number of halogens is 1. The molecule has 0 heterocycles. The molecule has 2 aromatic rings. The SMILES string of the molecule is CC(C)(C)c1ccc(/C=C/C(=O)NCCSc2ccc(Cl)cc2)cc1. The molecule has 2 nitrogen and oxygen atoms in total. The second kappa shape index (κ2) is 9.12. The van der Waals surface area contributed by atoms with Crippen LogP contribution in [-0.2, 0) is 10.2 Å². The summed E-state index contributed by atoms with van der Waals surface area (Å²) < 4.78 is 0. The number of hydrogen-bond donors (Lipinski definition) is 1. The van der Waals surface area contributed by atoms with Crippen molar-refractivity contribution in [3.05, 3.63) is 70.8 Å². The lowest BCUT2D eigenvalue weighted by Crippen LogP contribution is -2.23. The molecule has 0 aliphatic heterocycles. The maximum atomic E-state index is 11.9. The number of benzene rings is 2. The third-order valence-corrected chi connectivity index (χ3v) is 4.95. The first-order valence-electron chi connectivity index (χ1n) is 8.29. The van der Waals surface area contributed by atoms with E-state index in [1.807, 2.05) is 42.5 Å². The molecule has 0 aliphatic carbocycles. The van der Waals surface area contributed by atoms with E-state index in [2.05, 4.69) is 38.2 Å². The minimum absolute atomic E-state index is 0.0726. The minimum Gasteiger partial charge on any atom is -0.352 e. The van der Waals surface area contributed by atoms with Crippen molar-refractivity contribution in [2.24, 2.45) is 0 Å². The molecule has 2 rings (SSSR count). The molecule has 0 aromatic heterocycles. The largest absolute Gasteiger partial charge is 0.352 e. The van der Waals surface area contributed by atoms with Gasteiger partial charge in [0, 0.05) is 28.3 Å². The van der Waals surface area contributed by atoms with Gasteiger partial charge in [-0.05, 0) is 46.9 Å². The van der Waals surface area contributed by atoms with Crippen LogP contribution < -0.4 is 5.32 Å². The molecule has 1 amide bonds. The van der Waals surface area contributed by atoms with Gasteiger partial charge in [0.2, 0.25) is 5.91 Å². The quantitative estimate of drug-likeness (QED) is 0.408. The van der Waals surface area contributed by atoms with E-state index in [0.717, 1.165) is 21.2 Å². The highest BCUT2D eigenvalue weighted by Gasteiger charge is 2.12. The van der Waals surface area contributed by atoms with Gasteiger partial charge >= 0.3 is 0 Å². The molecule has 0 fully saturated rings. The highest BCUT2D eigenvalue weighted by Crippen LogP contribution is 2.22. The zero-order valence-corrected chi connectivity index (χ0v) is 16.5. The summed E-state index contributed by atoms with van der Waals surface area (Å²) in [4.78, 5) is 13.0. The smallest absolute Gasteiger partial charge is 0.244 e. The lowest BCUT2D eigenvalue weighted by Gasteiger charge is -2.18. The van der Waals surface area contributed by atoms with E-state index in [-0.39, 0.29) is 11.3 Å². The fraction of sp³-hybridized carbons (Fsp3) is 0.286. The van der Waals surface area contributed by atoms with Crippen LogP contribution in [-0.4, -0.2) is 18.2 Å². The van der Waals surface area contributed by atoms with Crippen LogP contribution >= 0.6 is 23.4 Å². The Morgan fingerprint density at radius 1 is 1.08 bits per heavy atom. The number of thioether (sulfide) groups is 1. The molecule has 0 spiro atoms. The van der Waals surface area contributed by atoms with Crippen LogP contribution in [0.5, 0.6) is 0 Å². The molecule has 0 unspecified atom stereocenters. The van der Waals surface area contributed by atoms with E-state index < -0.39 is 0 Å². The fourth-order valence-electron chi connectivity index (χ4n) is 2.20.